The number of nitrogens with zero attached hydrogens (tertiary/aromatic N) is 4. The van der Waals surface area contributed by atoms with Crippen molar-refractivity contribution in [1.29, 1.82) is 0 Å². The van der Waals surface area contributed by atoms with Crippen molar-refractivity contribution >= 4 is 33.4 Å². The van der Waals surface area contributed by atoms with Crippen LogP contribution < -0.4 is 4.74 Å². The van der Waals surface area contributed by atoms with E-state index in [-0.39, 0.29) is 5.13 Å². The molecule has 9 heteroatoms. The minimum atomic E-state index is -0.230. The first kappa shape index (κ1) is 22.3. The summed E-state index contributed by atoms with van der Waals surface area (Å²) in [5, 5.41) is 7.32. The number of aromatic amines is 2. The van der Waals surface area contributed by atoms with Crippen LogP contribution in [-0.2, 0) is 6.61 Å². The van der Waals surface area contributed by atoms with Crippen molar-refractivity contribution in [1.82, 2.24) is 30.1 Å². The Labute approximate surface area is 220 Å². The fourth-order valence-corrected chi connectivity index (χ4v) is 5.16. The lowest BCUT2D eigenvalue weighted by molar-refractivity contribution is 0.305. The average Bonchev–Trinajstić information content (AvgIpc) is 3.70. The number of fused-ring (bicyclic) bond motifs is 2. The molecule has 0 radical (unpaired) electrons. The van der Waals surface area contributed by atoms with Crippen molar-refractivity contribution in [2.75, 3.05) is 0 Å². The average molecular weight is 519 g/mol. The number of halogens is 1. The molecule has 0 atom stereocenters. The molecule has 0 aliphatic heterocycles. The van der Waals surface area contributed by atoms with Crippen molar-refractivity contribution in [3.8, 4) is 39.0 Å². The Hall–Kier alpha value is -4.89. The van der Waals surface area contributed by atoms with Crippen LogP contribution in [0.15, 0.2) is 91.3 Å². The van der Waals surface area contributed by atoms with E-state index >= 15 is 0 Å². The maximum atomic E-state index is 13.7. The van der Waals surface area contributed by atoms with Crippen LogP contribution in [0, 0.1) is 5.13 Å². The molecule has 0 unspecified atom stereocenters. The number of benzene rings is 2. The summed E-state index contributed by atoms with van der Waals surface area (Å²) in [7, 11) is 0. The van der Waals surface area contributed by atoms with Crippen LogP contribution in [0.2, 0.25) is 0 Å². The number of thiophene rings is 1. The molecule has 2 aromatic carbocycles. The highest BCUT2D eigenvalue weighted by molar-refractivity contribution is 7.14. The first-order chi connectivity index (χ1) is 18.7. The van der Waals surface area contributed by atoms with Gasteiger partial charge in [-0.25, -0.2) is 9.97 Å². The maximum Gasteiger partial charge on any atom is 0.176 e. The quantitative estimate of drug-likeness (QED) is 0.247. The topological polar surface area (TPSA) is 92.4 Å². The summed E-state index contributed by atoms with van der Waals surface area (Å²) in [5.41, 5.74) is 7.18. The molecular weight excluding hydrogens is 499 g/mol. The number of ether oxygens (including phenoxy) is 1. The summed E-state index contributed by atoms with van der Waals surface area (Å²) < 4.78 is 19.7. The van der Waals surface area contributed by atoms with Gasteiger partial charge in [-0.05, 0) is 42.0 Å². The normalized spacial score (nSPS) is 11.4. The van der Waals surface area contributed by atoms with Crippen molar-refractivity contribution in [2.45, 2.75) is 6.61 Å². The van der Waals surface area contributed by atoms with Gasteiger partial charge in [-0.15, -0.1) is 11.3 Å². The van der Waals surface area contributed by atoms with Crippen LogP contribution in [-0.4, -0.2) is 30.1 Å². The van der Waals surface area contributed by atoms with Crippen LogP contribution in [0.4, 0.5) is 4.39 Å². The molecule has 0 saturated carbocycles. The van der Waals surface area contributed by atoms with Crippen molar-refractivity contribution in [2.24, 2.45) is 0 Å². The van der Waals surface area contributed by atoms with Crippen LogP contribution in [0.5, 0.6) is 5.75 Å². The Morgan fingerprint density at radius 2 is 1.76 bits per heavy atom. The zero-order chi connectivity index (χ0) is 25.5. The standard InChI is InChI=1S/C29H19FN6OS/c30-25-12-11-24(38-25)20-7-4-8-22-26(20)34-29(33-22)28-27-23(35-36-28)10-9-21(32-27)18-13-19(15-31-14-18)37-16-17-5-2-1-3-6-17/h1-15H,16H2,(H,33,34)(H,35,36). The summed E-state index contributed by atoms with van der Waals surface area (Å²) in [4.78, 5) is 18.3. The van der Waals surface area contributed by atoms with Crippen molar-refractivity contribution in [3.05, 3.63) is 102 Å². The largest absolute Gasteiger partial charge is 0.487 e. The third-order valence-corrected chi connectivity index (χ3v) is 7.15. The number of rotatable bonds is 6. The molecule has 7 aromatic rings. The molecule has 0 spiro atoms. The highest BCUT2D eigenvalue weighted by Gasteiger charge is 2.17. The Morgan fingerprint density at radius 1 is 0.842 bits per heavy atom. The predicted octanol–water partition coefficient (Wildman–Crippen LogP) is 7.01. The lowest BCUT2D eigenvalue weighted by Crippen LogP contribution is -1.96. The zero-order valence-electron chi connectivity index (χ0n) is 19.9. The van der Waals surface area contributed by atoms with Crippen molar-refractivity contribution < 1.29 is 9.13 Å². The molecule has 5 heterocycles. The van der Waals surface area contributed by atoms with E-state index in [1.807, 2.05) is 66.7 Å². The summed E-state index contributed by atoms with van der Waals surface area (Å²) in [6.07, 6.45) is 3.45. The molecule has 0 aliphatic carbocycles. The Morgan fingerprint density at radius 3 is 2.63 bits per heavy atom. The molecule has 0 bridgehead atoms. The molecule has 0 amide bonds. The van der Waals surface area contributed by atoms with Gasteiger partial charge < -0.3 is 9.72 Å². The second kappa shape index (κ2) is 9.20. The van der Waals surface area contributed by atoms with E-state index in [2.05, 4.69) is 20.2 Å². The number of hydrogen-bond acceptors (Lipinski definition) is 6. The maximum absolute atomic E-state index is 13.7. The molecule has 0 fully saturated rings. The number of aromatic nitrogens is 6. The van der Waals surface area contributed by atoms with Gasteiger partial charge in [0.25, 0.3) is 0 Å². The fraction of sp³-hybridized carbons (Fsp3) is 0.0345. The third-order valence-electron chi connectivity index (χ3n) is 6.24. The van der Waals surface area contributed by atoms with E-state index in [0.717, 1.165) is 55.1 Å². The van der Waals surface area contributed by atoms with Gasteiger partial charge in [0.1, 0.15) is 17.9 Å². The molecule has 38 heavy (non-hydrogen) atoms. The first-order valence-electron chi connectivity index (χ1n) is 11.9. The molecule has 7 nitrogen and oxygen atoms in total. The van der Waals surface area contributed by atoms with E-state index in [1.54, 1.807) is 18.5 Å². The molecule has 7 rings (SSSR count). The van der Waals surface area contributed by atoms with Gasteiger partial charge in [0, 0.05) is 22.2 Å². The second-order valence-electron chi connectivity index (χ2n) is 8.74. The van der Waals surface area contributed by atoms with Gasteiger partial charge in [0.2, 0.25) is 0 Å². The number of pyridine rings is 2. The van der Waals surface area contributed by atoms with Gasteiger partial charge in [-0.2, -0.15) is 9.49 Å². The number of hydrogen-bond donors (Lipinski definition) is 2. The van der Waals surface area contributed by atoms with Gasteiger partial charge in [0.15, 0.2) is 16.6 Å². The van der Waals surface area contributed by atoms with Crippen molar-refractivity contribution in [3.63, 3.8) is 0 Å². The van der Waals surface area contributed by atoms with E-state index < -0.39 is 0 Å². The highest BCUT2D eigenvalue weighted by Crippen LogP contribution is 2.34. The first-order valence-corrected chi connectivity index (χ1v) is 12.7. The smallest absolute Gasteiger partial charge is 0.176 e. The van der Waals surface area contributed by atoms with Gasteiger partial charge in [-0.1, -0.05) is 42.5 Å². The minimum absolute atomic E-state index is 0.230. The number of imidazole rings is 1. The highest BCUT2D eigenvalue weighted by atomic mass is 32.1. The molecular formula is C29H19FN6OS. The summed E-state index contributed by atoms with van der Waals surface area (Å²) >= 11 is 1.10. The molecule has 2 N–H and O–H groups in total. The van der Waals surface area contributed by atoms with E-state index in [4.69, 9.17) is 14.7 Å². The van der Waals surface area contributed by atoms with Crippen LogP contribution in [0.3, 0.4) is 0 Å². The zero-order valence-corrected chi connectivity index (χ0v) is 20.7. The van der Waals surface area contributed by atoms with Crippen LogP contribution in [0.25, 0.3) is 55.3 Å². The predicted molar refractivity (Wildman–Crippen MR) is 146 cm³/mol. The van der Waals surface area contributed by atoms with E-state index in [9.17, 15) is 4.39 Å². The second-order valence-corrected chi connectivity index (χ2v) is 9.77. The fourth-order valence-electron chi connectivity index (χ4n) is 4.41. The summed E-state index contributed by atoms with van der Waals surface area (Å²) in [5.74, 6) is 1.24. The van der Waals surface area contributed by atoms with Crippen LogP contribution >= 0.6 is 11.3 Å². The van der Waals surface area contributed by atoms with Gasteiger partial charge in [0.05, 0.1) is 28.4 Å². The lowest BCUT2D eigenvalue weighted by atomic mass is 10.1. The number of nitrogens with one attached hydrogen (secondary N) is 2. The molecule has 5 aromatic heterocycles. The summed E-state index contributed by atoms with van der Waals surface area (Å²) in [6.45, 7) is 0.455. The molecule has 184 valence electrons. The Bertz CT molecular complexity index is 1910. The monoisotopic (exact) mass is 518 g/mol. The molecule has 0 saturated heterocycles. The minimum Gasteiger partial charge on any atom is -0.487 e. The third kappa shape index (κ3) is 4.08. The lowest BCUT2D eigenvalue weighted by Gasteiger charge is -2.08. The number of para-hydroxylation sites is 1. The molecule has 0 aliphatic rings. The van der Waals surface area contributed by atoms with E-state index in [0.29, 0.717) is 29.4 Å². The SMILES string of the molecule is Fc1ccc(-c2cccc3[nH]c(-c4n[nH]c5ccc(-c6cncc(OCc7ccccc7)c6)nc45)nc23)s1. The Balaban J connectivity index is 1.24. The van der Waals surface area contributed by atoms with E-state index in [1.165, 1.54) is 6.07 Å². The van der Waals surface area contributed by atoms with Gasteiger partial charge in [-0.3, -0.25) is 10.1 Å². The van der Waals surface area contributed by atoms with Gasteiger partial charge >= 0.3 is 0 Å². The Kier molecular flexibility index (Phi) is 5.41. The van der Waals surface area contributed by atoms with Crippen LogP contribution in [0.1, 0.15) is 5.56 Å². The number of H-pyrrole nitrogens is 2. The summed E-state index contributed by atoms with van der Waals surface area (Å²) in [6, 6.07) is 24.8.